The first kappa shape index (κ1) is 19.7. The largest absolute Gasteiger partial charge is 0.479 e. The van der Waals surface area contributed by atoms with Crippen molar-refractivity contribution >= 4 is 68.8 Å². The zero-order valence-electron chi connectivity index (χ0n) is 9.78. The summed E-state index contributed by atoms with van der Waals surface area (Å²) in [4.78, 5) is 10.7. The van der Waals surface area contributed by atoms with Gasteiger partial charge in [0.2, 0.25) is 8.83 Å². The molecule has 0 aliphatic rings. The van der Waals surface area contributed by atoms with Crippen LogP contribution >= 0.6 is 60.0 Å². The molecule has 0 spiro atoms. The zero-order chi connectivity index (χ0) is 15.1. The maximum absolute atomic E-state index is 12.4. The van der Waals surface area contributed by atoms with Gasteiger partial charge in [-0.3, -0.25) is 4.79 Å². The minimum atomic E-state index is -4.48. The highest BCUT2D eigenvalue weighted by atomic mass is 35.5. The summed E-state index contributed by atoms with van der Waals surface area (Å²) >= 11 is 15.5. The van der Waals surface area contributed by atoms with E-state index in [4.69, 9.17) is 28.6 Å². The Bertz CT molecular complexity index is 314. The molecule has 10 heteroatoms. The van der Waals surface area contributed by atoms with E-state index in [0.29, 0.717) is 6.61 Å². The molecule has 0 amide bonds. The molecule has 0 aromatic rings. The molecule has 19 heavy (non-hydrogen) atoms. The molecule has 0 rings (SSSR count). The lowest BCUT2D eigenvalue weighted by atomic mass is 10.2. The molecule has 0 radical (unpaired) electrons. The molecule has 0 bridgehead atoms. The average molecular weight is 373 g/mol. The third kappa shape index (κ3) is 10.1. The number of alkyl halides is 4. The van der Waals surface area contributed by atoms with E-state index >= 15 is 0 Å². The molecule has 0 heterocycles. The van der Waals surface area contributed by atoms with Crippen LogP contribution in [-0.4, -0.2) is 38.0 Å². The molecule has 112 valence electrons. The Morgan fingerprint density at radius 2 is 2.11 bits per heavy atom. The fraction of sp³-hybridized carbons (Fsp3) is 0.778. The van der Waals surface area contributed by atoms with Gasteiger partial charge in [-0.2, -0.15) is 13.2 Å². The number of ether oxygens (including phenoxy) is 1. The molecule has 0 aliphatic heterocycles. The molecular weight excluding hydrogens is 361 g/mol. The van der Waals surface area contributed by atoms with Crippen LogP contribution in [0.3, 0.4) is 0 Å². The zero-order valence-corrected chi connectivity index (χ0v) is 13.9. The van der Waals surface area contributed by atoms with Gasteiger partial charge in [-0.25, -0.2) is 0 Å². The molecule has 0 N–H and O–H groups in total. The van der Waals surface area contributed by atoms with Crippen molar-refractivity contribution < 1.29 is 22.7 Å². The van der Waals surface area contributed by atoms with E-state index < -0.39 is 21.3 Å². The first-order chi connectivity index (χ1) is 8.66. The summed E-state index contributed by atoms with van der Waals surface area (Å²) in [6.07, 6.45) is -4.83. The van der Waals surface area contributed by atoms with E-state index in [1.54, 1.807) is 6.92 Å². The van der Waals surface area contributed by atoms with Crippen LogP contribution in [0.4, 0.5) is 18.0 Å². The van der Waals surface area contributed by atoms with E-state index in [1.165, 1.54) is 0 Å². The normalized spacial score (nSPS) is 14.8. The lowest BCUT2D eigenvalue weighted by molar-refractivity contribution is -0.131. The van der Waals surface area contributed by atoms with Gasteiger partial charge in [0.05, 0.1) is 6.61 Å². The van der Waals surface area contributed by atoms with Gasteiger partial charge >= 0.3 is 6.18 Å². The van der Waals surface area contributed by atoms with E-state index in [9.17, 15) is 18.0 Å². The van der Waals surface area contributed by atoms with Gasteiger partial charge in [0, 0.05) is 11.0 Å². The second-order valence-corrected chi connectivity index (χ2v) is 7.38. The summed E-state index contributed by atoms with van der Waals surface area (Å²) in [5.74, 6) is 0.138. The summed E-state index contributed by atoms with van der Waals surface area (Å²) < 4.78 is 41.9. The Hall–Kier alpha value is 0.690. The monoisotopic (exact) mass is 372 g/mol. The van der Waals surface area contributed by atoms with Crippen LogP contribution in [0.25, 0.3) is 0 Å². The highest BCUT2D eigenvalue weighted by Crippen LogP contribution is 2.33. The Balaban J connectivity index is 4.48. The van der Waals surface area contributed by atoms with E-state index in [2.05, 4.69) is 12.6 Å². The number of hydrogen-bond donors (Lipinski definition) is 1. The fourth-order valence-corrected chi connectivity index (χ4v) is 3.72. The Kier molecular flexibility index (Phi) is 9.94. The van der Waals surface area contributed by atoms with E-state index in [0.717, 1.165) is 23.5 Å². The molecule has 0 aromatic heterocycles. The third-order valence-corrected chi connectivity index (χ3v) is 4.99. The smallest absolute Gasteiger partial charge is 0.404 e. The quantitative estimate of drug-likeness (QED) is 0.412. The lowest BCUT2D eigenvalue weighted by Gasteiger charge is -2.20. The summed E-state index contributed by atoms with van der Waals surface area (Å²) in [6.45, 7) is 2.05. The molecular formula is C9H12ClF3O2S4. The van der Waals surface area contributed by atoms with Crippen LogP contribution in [0.5, 0.6) is 0 Å². The standard InChI is InChI=1S/C9H12ClF3O2S4/c1-2-15-8(17)19-5(4-18-7(14)16)3-6(10)9(11,12)13/h5-6H,2-4H2,1H3,(H,14,16). The predicted molar refractivity (Wildman–Crippen MR) is 82.8 cm³/mol. The van der Waals surface area contributed by atoms with Crippen LogP contribution in [0.15, 0.2) is 0 Å². The van der Waals surface area contributed by atoms with Gasteiger partial charge in [0.15, 0.2) is 0 Å². The van der Waals surface area contributed by atoms with Gasteiger partial charge in [-0.05, 0) is 25.6 Å². The van der Waals surface area contributed by atoms with Crippen molar-refractivity contribution in [3.8, 4) is 0 Å². The molecule has 0 saturated carbocycles. The maximum atomic E-state index is 12.4. The number of thiol groups is 1. The minimum absolute atomic E-state index is 0.138. The number of carbonyl (C=O) groups excluding carboxylic acids is 1. The molecule has 2 nitrogen and oxygen atoms in total. The molecule has 0 saturated heterocycles. The van der Waals surface area contributed by atoms with Crippen molar-refractivity contribution in [2.75, 3.05) is 12.4 Å². The molecule has 2 unspecified atom stereocenters. The minimum Gasteiger partial charge on any atom is -0.479 e. The van der Waals surface area contributed by atoms with Gasteiger partial charge in [0.25, 0.3) is 0 Å². The van der Waals surface area contributed by atoms with Crippen LogP contribution in [0.2, 0.25) is 0 Å². The van der Waals surface area contributed by atoms with Crippen molar-refractivity contribution in [1.29, 1.82) is 0 Å². The molecule has 0 aliphatic carbocycles. The summed E-state index contributed by atoms with van der Waals surface area (Å²) in [7, 11) is 0. The van der Waals surface area contributed by atoms with Crippen molar-refractivity contribution in [3.05, 3.63) is 0 Å². The number of hydrogen-bond acceptors (Lipinski definition) is 5. The fourth-order valence-electron chi connectivity index (χ4n) is 0.967. The number of carbonyl (C=O) groups is 1. The Morgan fingerprint density at radius 3 is 2.53 bits per heavy atom. The summed E-state index contributed by atoms with van der Waals surface area (Å²) in [5, 5.41) is -2.55. The Morgan fingerprint density at radius 1 is 1.53 bits per heavy atom. The SMILES string of the molecule is CCOC(=S)SC(CSC(=O)S)CC(Cl)C(F)(F)F. The van der Waals surface area contributed by atoms with Crippen LogP contribution < -0.4 is 0 Å². The third-order valence-electron chi connectivity index (χ3n) is 1.74. The maximum Gasteiger partial charge on any atom is 0.404 e. The van der Waals surface area contributed by atoms with E-state index in [-0.39, 0.29) is 16.6 Å². The first-order valence-corrected chi connectivity index (χ1v) is 8.22. The summed E-state index contributed by atoms with van der Waals surface area (Å²) in [5.41, 5.74) is 0. The number of halogens is 4. The van der Waals surface area contributed by atoms with Crippen LogP contribution in [-0.2, 0) is 4.74 Å². The topological polar surface area (TPSA) is 26.3 Å². The Labute approximate surface area is 133 Å². The van der Waals surface area contributed by atoms with Crippen molar-refractivity contribution in [2.24, 2.45) is 0 Å². The van der Waals surface area contributed by atoms with Crippen LogP contribution in [0.1, 0.15) is 13.3 Å². The number of thioether (sulfide) groups is 2. The van der Waals surface area contributed by atoms with Gasteiger partial charge in [-0.1, -0.05) is 36.2 Å². The first-order valence-electron chi connectivity index (χ1n) is 5.06. The predicted octanol–water partition coefficient (Wildman–Crippen LogP) is 4.75. The lowest BCUT2D eigenvalue weighted by Crippen LogP contribution is -2.28. The van der Waals surface area contributed by atoms with Crippen molar-refractivity contribution in [2.45, 2.75) is 30.1 Å². The molecule has 0 fully saturated rings. The second-order valence-electron chi connectivity index (χ2n) is 3.24. The van der Waals surface area contributed by atoms with Gasteiger partial charge < -0.3 is 4.74 Å². The van der Waals surface area contributed by atoms with Crippen LogP contribution in [0, 0.1) is 0 Å². The second kappa shape index (κ2) is 9.59. The van der Waals surface area contributed by atoms with E-state index in [1.807, 2.05) is 0 Å². The average Bonchev–Trinajstić information content (AvgIpc) is 2.24. The number of rotatable bonds is 6. The molecule has 2 atom stereocenters. The molecule has 0 aromatic carbocycles. The van der Waals surface area contributed by atoms with Gasteiger partial charge in [0.1, 0.15) is 5.38 Å². The highest BCUT2D eigenvalue weighted by molar-refractivity contribution is 8.32. The van der Waals surface area contributed by atoms with Crippen molar-refractivity contribution in [1.82, 2.24) is 0 Å². The van der Waals surface area contributed by atoms with Crippen molar-refractivity contribution in [3.63, 3.8) is 0 Å². The highest BCUT2D eigenvalue weighted by Gasteiger charge is 2.39. The number of thiocarbonyl (C=S) groups is 1. The van der Waals surface area contributed by atoms with Gasteiger partial charge in [-0.15, -0.1) is 11.6 Å². The summed E-state index contributed by atoms with van der Waals surface area (Å²) in [6, 6.07) is 0.